The van der Waals surface area contributed by atoms with Crippen molar-refractivity contribution >= 4 is 40.1 Å². The van der Waals surface area contributed by atoms with Gasteiger partial charge in [-0.25, -0.2) is 0 Å². The Labute approximate surface area is 205 Å². The third-order valence-corrected chi connectivity index (χ3v) is 7.06. The highest BCUT2D eigenvalue weighted by Crippen LogP contribution is 2.52. The van der Waals surface area contributed by atoms with Gasteiger partial charge in [-0.2, -0.15) is 0 Å². The average Bonchev–Trinajstić information content (AvgIpc) is 3.25. The maximum absolute atomic E-state index is 14.1. The van der Waals surface area contributed by atoms with Crippen molar-refractivity contribution in [3.63, 3.8) is 0 Å². The Kier molecular flexibility index (Phi) is 4.56. The quantitative estimate of drug-likeness (QED) is 0.430. The molecule has 2 aliphatic rings. The van der Waals surface area contributed by atoms with Crippen molar-refractivity contribution in [1.29, 1.82) is 0 Å². The van der Waals surface area contributed by atoms with Crippen LogP contribution in [0.3, 0.4) is 0 Å². The molecule has 2 amide bonds. The van der Waals surface area contributed by atoms with E-state index < -0.39 is 22.8 Å². The first kappa shape index (κ1) is 21.4. The Hall–Kier alpha value is -4.10. The van der Waals surface area contributed by atoms with Gasteiger partial charge in [0, 0.05) is 29.9 Å². The van der Waals surface area contributed by atoms with Crippen molar-refractivity contribution in [2.45, 2.75) is 12.1 Å². The number of hydrogen-bond donors (Lipinski definition) is 0. The number of carbonyl (C=O) groups excluding carboxylic acids is 2. The van der Waals surface area contributed by atoms with E-state index in [4.69, 9.17) is 20.8 Å². The molecule has 4 aromatic rings. The smallest absolute Gasteiger partial charge is 0.291 e. The van der Waals surface area contributed by atoms with Crippen LogP contribution >= 0.6 is 11.6 Å². The van der Waals surface area contributed by atoms with Gasteiger partial charge in [0.2, 0.25) is 5.76 Å². The molecule has 1 atom stereocenters. The second-order valence-electron chi connectivity index (χ2n) is 8.61. The van der Waals surface area contributed by atoms with E-state index >= 15 is 0 Å². The standard InChI is InChI=1S/C27H19ClN2O5/c1-29-20-6-4-3-5-19(20)27(26(29)33)22-23(31)18-13-16(28)9-12-21(18)35-24(22)25(32)30(27)14-15-7-10-17(34-2)11-8-15/h3-13H,14H2,1-2H3. The third kappa shape index (κ3) is 2.76. The van der Waals surface area contributed by atoms with Crippen LogP contribution in [0.2, 0.25) is 5.02 Å². The van der Waals surface area contributed by atoms with Crippen molar-refractivity contribution in [3.8, 4) is 5.75 Å². The van der Waals surface area contributed by atoms with Crippen LogP contribution in [0, 0.1) is 0 Å². The van der Waals surface area contributed by atoms with E-state index in [0.717, 1.165) is 5.56 Å². The molecule has 0 saturated heterocycles. The highest BCUT2D eigenvalue weighted by Gasteiger charge is 2.64. The van der Waals surface area contributed by atoms with Gasteiger partial charge in [0.25, 0.3) is 11.8 Å². The molecule has 0 saturated carbocycles. The Morgan fingerprint density at radius 3 is 2.49 bits per heavy atom. The molecule has 0 fully saturated rings. The SMILES string of the molecule is COc1ccc(CN2C(=O)c3oc4ccc(Cl)cc4c(=O)c3C23C(=O)N(C)c2ccccc23)cc1. The Balaban J connectivity index is 1.67. The number of rotatable bonds is 3. The van der Waals surface area contributed by atoms with Crippen molar-refractivity contribution in [1.82, 2.24) is 4.90 Å². The summed E-state index contributed by atoms with van der Waals surface area (Å²) >= 11 is 6.17. The van der Waals surface area contributed by atoms with Gasteiger partial charge in [-0.15, -0.1) is 0 Å². The summed E-state index contributed by atoms with van der Waals surface area (Å²) in [4.78, 5) is 44.8. The number of carbonyl (C=O) groups is 2. The lowest BCUT2D eigenvalue weighted by Crippen LogP contribution is -2.52. The number of likely N-dealkylation sites (N-methyl/N-ethyl adjacent to an activating group) is 1. The highest BCUT2D eigenvalue weighted by molar-refractivity contribution is 6.31. The number of anilines is 1. The molecule has 0 bridgehead atoms. The van der Waals surface area contributed by atoms with Gasteiger partial charge in [-0.05, 0) is 42.0 Å². The first-order valence-electron chi connectivity index (χ1n) is 11.0. The summed E-state index contributed by atoms with van der Waals surface area (Å²) in [5.74, 6) is -0.380. The van der Waals surface area contributed by atoms with Gasteiger partial charge >= 0.3 is 0 Å². The van der Waals surface area contributed by atoms with Crippen LogP contribution in [0.5, 0.6) is 5.75 Å². The fraction of sp³-hybridized carbons (Fsp3) is 0.148. The normalized spacial score (nSPS) is 18.5. The summed E-state index contributed by atoms with van der Waals surface area (Å²) in [5, 5.41) is 0.572. The molecule has 1 aromatic heterocycles. The minimum atomic E-state index is -1.66. The molecule has 3 heterocycles. The van der Waals surface area contributed by atoms with E-state index in [2.05, 4.69) is 0 Å². The molecule has 1 unspecified atom stereocenters. The zero-order chi connectivity index (χ0) is 24.5. The molecule has 3 aromatic carbocycles. The number of benzene rings is 3. The maximum atomic E-state index is 14.1. The molecular formula is C27H19ClN2O5. The number of amides is 2. The zero-order valence-electron chi connectivity index (χ0n) is 18.9. The predicted molar refractivity (Wildman–Crippen MR) is 131 cm³/mol. The van der Waals surface area contributed by atoms with Crippen LogP contribution in [0.1, 0.15) is 27.2 Å². The van der Waals surface area contributed by atoms with Crippen LogP contribution in [0.15, 0.2) is 75.9 Å². The molecule has 8 heteroatoms. The molecular weight excluding hydrogens is 468 g/mol. The van der Waals surface area contributed by atoms with Gasteiger partial charge < -0.3 is 19.0 Å². The molecule has 1 spiro atoms. The number of nitrogens with zero attached hydrogens (tertiary/aromatic N) is 2. The average molecular weight is 487 g/mol. The van der Waals surface area contributed by atoms with Crippen LogP contribution in [0.25, 0.3) is 11.0 Å². The van der Waals surface area contributed by atoms with Crippen LogP contribution in [-0.2, 0) is 16.9 Å². The minimum absolute atomic E-state index is 0.0209. The van der Waals surface area contributed by atoms with E-state index in [9.17, 15) is 14.4 Å². The number of halogens is 1. The first-order valence-corrected chi connectivity index (χ1v) is 11.3. The minimum Gasteiger partial charge on any atom is -0.497 e. The molecule has 2 aliphatic heterocycles. The number of ether oxygens (including phenoxy) is 1. The predicted octanol–water partition coefficient (Wildman–Crippen LogP) is 4.33. The van der Waals surface area contributed by atoms with Crippen molar-refractivity contribution in [2.24, 2.45) is 0 Å². The van der Waals surface area contributed by atoms with E-state index in [1.54, 1.807) is 56.6 Å². The third-order valence-electron chi connectivity index (χ3n) is 6.83. The molecule has 6 rings (SSSR count). The molecule has 0 N–H and O–H groups in total. The molecule has 35 heavy (non-hydrogen) atoms. The lowest BCUT2D eigenvalue weighted by atomic mass is 9.83. The summed E-state index contributed by atoms with van der Waals surface area (Å²) < 4.78 is 11.2. The lowest BCUT2D eigenvalue weighted by Gasteiger charge is -2.34. The van der Waals surface area contributed by atoms with Gasteiger partial charge in [0.05, 0.1) is 18.1 Å². The zero-order valence-corrected chi connectivity index (χ0v) is 19.6. The van der Waals surface area contributed by atoms with Gasteiger partial charge in [-0.1, -0.05) is 41.9 Å². The van der Waals surface area contributed by atoms with Gasteiger partial charge in [-0.3, -0.25) is 14.4 Å². The molecule has 0 aliphatic carbocycles. The molecule has 0 radical (unpaired) electrons. The summed E-state index contributed by atoms with van der Waals surface area (Å²) in [7, 11) is 3.21. The first-order chi connectivity index (χ1) is 16.9. The molecule has 7 nitrogen and oxygen atoms in total. The maximum Gasteiger partial charge on any atom is 0.291 e. The Morgan fingerprint density at radius 2 is 1.74 bits per heavy atom. The summed E-state index contributed by atoms with van der Waals surface area (Å²) in [6, 6.07) is 19.1. The van der Waals surface area contributed by atoms with Crippen LogP contribution in [0.4, 0.5) is 5.69 Å². The number of fused-ring (bicyclic) bond motifs is 5. The van der Waals surface area contributed by atoms with Crippen LogP contribution < -0.4 is 15.1 Å². The van der Waals surface area contributed by atoms with E-state index in [0.29, 0.717) is 22.0 Å². The number of para-hydroxylation sites is 1. The second-order valence-corrected chi connectivity index (χ2v) is 9.04. The van der Waals surface area contributed by atoms with Gasteiger partial charge in [0.1, 0.15) is 11.3 Å². The summed E-state index contributed by atoms with van der Waals surface area (Å²) in [6.45, 7) is 0.0808. The topological polar surface area (TPSA) is 80.1 Å². The Bertz CT molecular complexity index is 1610. The lowest BCUT2D eigenvalue weighted by molar-refractivity contribution is -0.126. The number of hydrogen-bond acceptors (Lipinski definition) is 5. The van der Waals surface area contributed by atoms with Crippen molar-refractivity contribution < 1.29 is 18.7 Å². The monoisotopic (exact) mass is 486 g/mol. The Morgan fingerprint density at radius 1 is 1.00 bits per heavy atom. The van der Waals surface area contributed by atoms with Crippen molar-refractivity contribution in [2.75, 3.05) is 19.1 Å². The van der Waals surface area contributed by atoms with E-state index in [-0.39, 0.29) is 28.8 Å². The highest BCUT2D eigenvalue weighted by atomic mass is 35.5. The summed E-state index contributed by atoms with van der Waals surface area (Å²) in [6.07, 6.45) is 0. The summed E-state index contributed by atoms with van der Waals surface area (Å²) in [5.41, 5.74) is 0.103. The van der Waals surface area contributed by atoms with E-state index in [1.165, 1.54) is 15.9 Å². The largest absolute Gasteiger partial charge is 0.497 e. The van der Waals surface area contributed by atoms with Gasteiger partial charge in [0.15, 0.2) is 11.0 Å². The second kappa shape index (κ2) is 7.45. The number of methoxy groups -OCH3 is 1. The molecule has 174 valence electrons. The fourth-order valence-electron chi connectivity index (χ4n) is 5.20. The van der Waals surface area contributed by atoms with E-state index in [1.807, 2.05) is 18.2 Å². The van der Waals surface area contributed by atoms with Crippen LogP contribution in [-0.4, -0.2) is 30.9 Å². The van der Waals surface area contributed by atoms with Crippen molar-refractivity contribution in [3.05, 3.63) is 104 Å². The fourth-order valence-corrected chi connectivity index (χ4v) is 5.37.